The van der Waals surface area contributed by atoms with Gasteiger partial charge in [0.15, 0.2) is 0 Å². The molecule has 0 saturated carbocycles. The summed E-state index contributed by atoms with van der Waals surface area (Å²) in [7, 11) is 0. The number of amides is 2. The number of benzene rings is 1. The van der Waals surface area contributed by atoms with E-state index in [0.29, 0.717) is 12.3 Å². The first-order valence-electron chi connectivity index (χ1n) is 8.24. The Hall–Kier alpha value is -2.80. The summed E-state index contributed by atoms with van der Waals surface area (Å²) >= 11 is 0. The second kappa shape index (κ2) is 7.40. The molecule has 25 heavy (non-hydrogen) atoms. The molecular formula is C18H22N4O3. The van der Waals surface area contributed by atoms with Crippen molar-refractivity contribution in [3.05, 3.63) is 54.7 Å². The minimum atomic E-state index is -1.24. The molecule has 2 aromatic heterocycles. The van der Waals surface area contributed by atoms with E-state index >= 15 is 0 Å². The molecule has 0 radical (unpaired) electrons. The summed E-state index contributed by atoms with van der Waals surface area (Å²) < 4.78 is 7.24. The van der Waals surface area contributed by atoms with Crippen LogP contribution in [0.3, 0.4) is 0 Å². The fourth-order valence-electron chi connectivity index (χ4n) is 2.63. The van der Waals surface area contributed by atoms with Gasteiger partial charge in [-0.05, 0) is 37.6 Å². The van der Waals surface area contributed by atoms with E-state index in [1.54, 1.807) is 19.1 Å². The number of nitrogens with one attached hydrogen (secondary N) is 2. The number of carbonyl (C=O) groups excluding carboxylic acids is 1. The second-order valence-corrected chi connectivity index (χ2v) is 6.14. The topological polar surface area (TPSA) is 92.3 Å². The van der Waals surface area contributed by atoms with Gasteiger partial charge in [0.25, 0.3) is 0 Å². The maximum Gasteiger partial charge on any atom is 0.314 e. The third-order valence-electron chi connectivity index (χ3n) is 4.03. The molecule has 0 spiro atoms. The van der Waals surface area contributed by atoms with Gasteiger partial charge in [0.1, 0.15) is 11.4 Å². The number of nitrogens with zero attached hydrogens (tertiary/aromatic N) is 2. The van der Waals surface area contributed by atoms with Crippen LogP contribution in [0.25, 0.3) is 11.0 Å². The number of hydrogen-bond donors (Lipinski definition) is 3. The van der Waals surface area contributed by atoms with Crippen molar-refractivity contribution in [1.82, 2.24) is 20.2 Å². The molecule has 132 valence electrons. The highest BCUT2D eigenvalue weighted by Crippen LogP contribution is 2.19. The lowest BCUT2D eigenvalue weighted by atomic mass is 10.0. The highest BCUT2D eigenvalue weighted by atomic mass is 16.4. The van der Waals surface area contributed by atoms with Crippen molar-refractivity contribution in [3.8, 4) is 0 Å². The van der Waals surface area contributed by atoms with Crippen molar-refractivity contribution in [3.63, 3.8) is 0 Å². The summed E-state index contributed by atoms with van der Waals surface area (Å²) in [5.41, 5.74) is 0.811. The average Bonchev–Trinajstić information content (AvgIpc) is 3.27. The van der Waals surface area contributed by atoms with Crippen molar-refractivity contribution < 1.29 is 14.3 Å². The predicted molar refractivity (Wildman–Crippen MR) is 94.0 cm³/mol. The number of rotatable bonds is 7. The predicted octanol–water partition coefficient (Wildman–Crippen LogP) is 2.23. The summed E-state index contributed by atoms with van der Waals surface area (Å²) in [4.78, 5) is 16.2. The van der Waals surface area contributed by atoms with E-state index in [0.717, 1.165) is 24.0 Å². The molecule has 7 nitrogen and oxygen atoms in total. The van der Waals surface area contributed by atoms with Gasteiger partial charge in [-0.1, -0.05) is 12.1 Å². The molecule has 0 aliphatic carbocycles. The molecule has 1 atom stereocenters. The third-order valence-corrected chi connectivity index (χ3v) is 4.03. The molecule has 0 aliphatic heterocycles. The standard InChI is InChI=1S/C18H22N4O3/c1-18(24,16-8-4-11-25-16)12-20-17(23)19-9-5-10-22-13-21-14-6-2-3-7-15(14)22/h2-4,6-8,11,13,24H,5,9-10,12H2,1H3,(H2,19,20,23). The molecule has 0 bridgehead atoms. The highest BCUT2D eigenvalue weighted by Gasteiger charge is 2.26. The first-order chi connectivity index (χ1) is 12.1. The van der Waals surface area contributed by atoms with Gasteiger partial charge in [-0.3, -0.25) is 0 Å². The van der Waals surface area contributed by atoms with Crippen molar-refractivity contribution in [2.45, 2.75) is 25.5 Å². The van der Waals surface area contributed by atoms with E-state index in [1.807, 2.05) is 30.6 Å². The van der Waals surface area contributed by atoms with Gasteiger partial charge >= 0.3 is 6.03 Å². The van der Waals surface area contributed by atoms with Crippen LogP contribution < -0.4 is 10.6 Å². The molecule has 0 aliphatic rings. The Morgan fingerprint density at radius 3 is 2.92 bits per heavy atom. The Balaban J connectivity index is 1.39. The quantitative estimate of drug-likeness (QED) is 0.574. The maximum atomic E-state index is 11.8. The second-order valence-electron chi connectivity index (χ2n) is 6.14. The normalized spacial score (nSPS) is 13.5. The molecule has 2 amide bonds. The minimum absolute atomic E-state index is 0.0680. The SMILES string of the molecule is CC(O)(CNC(=O)NCCCn1cnc2ccccc21)c1ccco1. The van der Waals surface area contributed by atoms with Crippen molar-refractivity contribution in [1.29, 1.82) is 0 Å². The Kier molecular flexibility index (Phi) is 5.04. The van der Waals surface area contributed by atoms with Crippen LogP contribution >= 0.6 is 0 Å². The zero-order valence-corrected chi connectivity index (χ0v) is 14.1. The Morgan fingerprint density at radius 1 is 1.28 bits per heavy atom. The largest absolute Gasteiger partial charge is 0.466 e. The van der Waals surface area contributed by atoms with Gasteiger partial charge in [0.05, 0.1) is 30.2 Å². The molecule has 3 rings (SSSR count). The van der Waals surface area contributed by atoms with Crippen LogP contribution in [0.2, 0.25) is 0 Å². The zero-order valence-electron chi connectivity index (χ0n) is 14.1. The molecule has 1 unspecified atom stereocenters. The van der Waals surface area contributed by atoms with Crippen LogP contribution in [-0.4, -0.2) is 33.8 Å². The summed E-state index contributed by atoms with van der Waals surface area (Å²) in [6.07, 6.45) is 4.08. The summed E-state index contributed by atoms with van der Waals surface area (Å²) in [6.45, 7) is 2.96. The smallest absolute Gasteiger partial charge is 0.314 e. The van der Waals surface area contributed by atoms with Gasteiger partial charge in [-0.15, -0.1) is 0 Å². The van der Waals surface area contributed by atoms with Crippen LogP contribution in [0.15, 0.2) is 53.4 Å². The first kappa shape index (κ1) is 17.0. The van der Waals surface area contributed by atoms with E-state index < -0.39 is 5.60 Å². The van der Waals surface area contributed by atoms with Crippen LogP contribution in [-0.2, 0) is 12.1 Å². The van der Waals surface area contributed by atoms with Gasteiger partial charge in [0, 0.05) is 13.1 Å². The number of furan rings is 1. The number of aryl methyl sites for hydroxylation is 1. The van der Waals surface area contributed by atoms with Crippen LogP contribution in [0.1, 0.15) is 19.1 Å². The lowest BCUT2D eigenvalue weighted by molar-refractivity contribution is 0.0367. The van der Waals surface area contributed by atoms with E-state index in [9.17, 15) is 9.90 Å². The maximum absolute atomic E-state index is 11.8. The summed E-state index contributed by atoms with van der Waals surface area (Å²) in [6, 6.07) is 11.0. The zero-order chi connectivity index (χ0) is 17.7. The number of carbonyl (C=O) groups is 1. The van der Waals surface area contributed by atoms with Crippen LogP contribution in [0.4, 0.5) is 4.79 Å². The van der Waals surface area contributed by atoms with Gasteiger partial charge in [-0.2, -0.15) is 0 Å². The molecule has 3 N–H and O–H groups in total. The third kappa shape index (κ3) is 4.19. The molecule has 2 heterocycles. The van der Waals surface area contributed by atoms with Crippen LogP contribution in [0.5, 0.6) is 0 Å². The lowest BCUT2D eigenvalue weighted by Gasteiger charge is -2.21. The van der Waals surface area contributed by atoms with Crippen LogP contribution in [0, 0.1) is 0 Å². The van der Waals surface area contributed by atoms with Crippen molar-refractivity contribution in [2.24, 2.45) is 0 Å². The summed E-state index contributed by atoms with van der Waals surface area (Å²) in [5, 5.41) is 15.7. The average molecular weight is 342 g/mol. The highest BCUT2D eigenvalue weighted by molar-refractivity contribution is 5.75. The number of aliphatic hydroxyl groups is 1. The lowest BCUT2D eigenvalue weighted by Crippen LogP contribution is -2.43. The molecule has 3 aromatic rings. The molecule has 7 heteroatoms. The number of fused-ring (bicyclic) bond motifs is 1. The number of para-hydroxylation sites is 2. The number of aromatic nitrogens is 2. The number of imidazole rings is 1. The van der Waals surface area contributed by atoms with E-state index in [1.165, 1.54) is 6.26 Å². The van der Waals surface area contributed by atoms with E-state index in [4.69, 9.17) is 4.42 Å². The summed E-state index contributed by atoms with van der Waals surface area (Å²) in [5.74, 6) is 0.416. The van der Waals surface area contributed by atoms with E-state index in [-0.39, 0.29) is 12.6 Å². The minimum Gasteiger partial charge on any atom is -0.466 e. The first-order valence-corrected chi connectivity index (χ1v) is 8.24. The number of hydrogen-bond acceptors (Lipinski definition) is 4. The van der Waals surface area contributed by atoms with Crippen molar-refractivity contribution in [2.75, 3.05) is 13.1 Å². The Morgan fingerprint density at radius 2 is 2.12 bits per heavy atom. The Labute approximate surface area is 145 Å². The van der Waals surface area contributed by atoms with Gasteiger partial charge < -0.3 is 24.7 Å². The molecular weight excluding hydrogens is 320 g/mol. The monoisotopic (exact) mass is 342 g/mol. The molecule has 1 aromatic carbocycles. The number of urea groups is 1. The van der Waals surface area contributed by atoms with E-state index in [2.05, 4.69) is 20.2 Å². The van der Waals surface area contributed by atoms with Crippen molar-refractivity contribution >= 4 is 17.1 Å². The molecule has 0 fully saturated rings. The van der Waals surface area contributed by atoms with Gasteiger partial charge in [-0.25, -0.2) is 9.78 Å². The Bertz CT molecular complexity index is 824. The fourth-order valence-corrected chi connectivity index (χ4v) is 2.63. The molecule has 0 saturated heterocycles. The van der Waals surface area contributed by atoms with Gasteiger partial charge in [0.2, 0.25) is 0 Å². The fraction of sp³-hybridized carbons (Fsp3) is 0.333.